The monoisotopic (exact) mass is 427 g/mol. The molecule has 162 valence electrons. The van der Waals surface area contributed by atoms with Gasteiger partial charge in [-0.05, 0) is 50.5 Å². The lowest BCUT2D eigenvalue weighted by molar-refractivity contribution is -0.154. The van der Waals surface area contributed by atoms with Crippen LogP contribution in [-0.4, -0.2) is 38.6 Å². The van der Waals surface area contributed by atoms with Gasteiger partial charge in [0.05, 0.1) is 24.9 Å². The van der Waals surface area contributed by atoms with Gasteiger partial charge in [0.2, 0.25) is 0 Å². The molecule has 3 fully saturated rings. The summed E-state index contributed by atoms with van der Waals surface area (Å²) in [5.41, 5.74) is 1.02. The van der Waals surface area contributed by atoms with Crippen LogP contribution in [-0.2, 0) is 9.53 Å². The highest BCUT2D eigenvalue weighted by molar-refractivity contribution is 5.91. The standard InChI is InChI=1S/C22H23F2N5O2/c1-2-31-22(30)17-11-3-5-12(6-4-11)18(17)28-21-16(24)10-27-20(29-21)15-9-26-19-14(15)7-13(23)8-25-19/h7-12,17-18H,2-6H2,1H3,(H,25,26)(H,27,28,29). The molecule has 3 heterocycles. The van der Waals surface area contributed by atoms with E-state index in [0.29, 0.717) is 23.2 Å². The van der Waals surface area contributed by atoms with Crippen molar-refractivity contribution in [3.8, 4) is 11.4 Å². The fourth-order valence-electron chi connectivity index (χ4n) is 5.15. The normalized spacial score (nSPS) is 25.0. The number of hydrogen-bond donors (Lipinski definition) is 2. The number of aromatic amines is 1. The molecule has 3 aromatic heterocycles. The molecule has 31 heavy (non-hydrogen) atoms. The van der Waals surface area contributed by atoms with E-state index in [9.17, 15) is 13.6 Å². The van der Waals surface area contributed by atoms with E-state index in [2.05, 4.69) is 25.3 Å². The maximum Gasteiger partial charge on any atom is 0.311 e. The molecule has 7 nitrogen and oxygen atoms in total. The van der Waals surface area contributed by atoms with Crippen molar-refractivity contribution in [2.24, 2.45) is 17.8 Å². The molecule has 2 bridgehead atoms. The fraction of sp³-hybridized carbons (Fsp3) is 0.455. The van der Waals surface area contributed by atoms with Crippen LogP contribution in [0.4, 0.5) is 14.6 Å². The third-order valence-corrected chi connectivity index (χ3v) is 6.56. The molecule has 0 aliphatic heterocycles. The molecule has 3 aliphatic rings. The van der Waals surface area contributed by atoms with E-state index in [1.165, 1.54) is 6.07 Å². The average Bonchev–Trinajstić information content (AvgIpc) is 3.19. The zero-order valence-electron chi connectivity index (χ0n) is 17.1. The van der Waals surface area contributed by atoms with Gasteiger partial charge in [-0.1, -0.05) is 0 Å². The van der Waals surface area contributed by atoms with E-state index in [4.69, 9.17) is 4.74 Å². The second-order valence-electron chi connectivity index (χ2n) is 8.27. The largest absolute Gasteiger partial charge is 0.466 e. The van der Waals surface area contributed by atoms with Crippen LogP contribution in [0.2, 0.25) is 0 Å². The summed E-state index contributed by atoms with van der Waals surface area (Å²) in [5.74, 6) is -0.871. The van der Waals surface area contributed by atoms with E-state index in [1.54, 1.807) is 13.1 Å². The molecular weight excluding hydrogens is 404 g/mol. The van der Waals surface area contributed by atoms with Crippen molar-refractivity contribution in [2.75, 3.05) is 11.9 Å². The van der Waals surface area contributed by atoms with Crippen molar-refractivity contribution >= 4 is 22.8 Å². The van der Waals surface area contributed by atoms with Gasteiger partial charge in [-0.2, -0.15) is 0 Å². The highest BCUT2D eigenvalue weighted by atomic mass is 19.1. The summed E-state index contributed by atoms with van der Waals surface area (Å²) in [4.78, 5) is 28.1. The molecule has 2 N–H and O–H groups in total. The highest BCUT2D eigenvalue weighted by Crippen LogP contribution is 2.46. The number of hydrogen-bond acceptors (Lipinski definition) is 6. The van der Waals surface area contributed by atoms with Gasteiger partial charge in [-0.15, -0.1) is 0 Å². The second kappa shape index (κ2) is 7.86. The average molecular weight is 427 g/mol. The Hall–Kier alpha value is -3.10. The number of esters is 1. The number of pyridine rings is 1. The second-order valence-corrected chi connectivity index (χ2v) is 8.27. The van der Waals surface area contributed by atoms with Gasteiger partial charge in [-0.3, -0.25) is 4.79 Å². The molecule has 0 amide bonds. The maximum absolute atomic E-state index is 14.7. The van der Waals surface area contributed by atoms with E-state index in [0.717, 1.165) is 38.1 Å². The zero-order chi connectivity index (χ0) is 21.5. The minimum atomic E-state index is -0.600. The number of H-pyrrole nitrogens is 1. The van der Waals surface area contributed by atoms with Gasteiger partial charge in [0.15, 0.2) is 17.5 Å². The summed E-state index contributed by atoms with van der Waals surface area (Å²) >= 11 is 0. The summed E-state index contributed by atoms with van der Waals surface area (Å²) in [7, 11) is 0. The lowest BCUT2D eigenvalue weighted by atomic mass is 9.61. The molecular formula is C22H23F2N5O2. The first-order valence-electron chi connectivity index (χ1n) is 10.6. The van der Waals surface area contributed by atoms with Crippen LogP contribution >= 0.6 is 0 Å². The minimum absolute atomic E-state index is 0.0376. The molecule has 2 unspecified atom stereocenters. The number of ether oxygens (including phenoxy) is 1. The molecule has 9 heteroatoms. The smallest absolute Gasteiger partial charge is 0.311 e. The number of carbonyl (C=O) groups excluding carboxylic acids is 1. The van der Waals surface area contributed by atoms with Crippen LogP contribution in [0.25, 0.3) is 22.4 Å². The van der Waals surface area contributed by atoms with Gasteiger partial charge in [0.25, 0.3) is 0 Å². The van der Waals surface area contributed by atoms with Crippen LogP contribution in [0.5, 0.6) is 0 Å². The summed E-state index contributed by atoms with van der Waals surface area (Å²) in [6, 6.07) is 1.09. The topological polar surface area (TPSA) is 92.8 Å². The Morgan fingerprint density at radius 3 is 2.74 bits per heavy atom. The lowest BCUT2D eigenvalue weighted by Gasteiger charge is -2.47. The predicted octanol–water partition coefficient (Wildman–Crippen LogP) is 4.08. The van der Waals surface area contributed by atoms with Crippen LogP contribution in [0.15, 0.2) is 24.7 Å². The first-order chi connectivity index (χ1) is 15.0. The van der Waals surface area contributed by atoms with Crippen molar-refractivity contribution in [3.05, 3.63) is 36.3 Å². The third-order valence-electron chi connectivity index (χ3n) is 6.56. The Labute approximate surface area is 177 Å². The van der Waals surface area contributed by atoms with Gasteiger partial charge < -0.3 is 15.0 Å². The SMILES string of the molecule is CCOC(=O)C1C2CCC(CC2)C1Nc1nc(-c2c[nH]c3ncc(F)cc23)ncc1F. The van der Waals surface area contributed by atoms with Gasteiger partial charge in [0, 0.05) is 23.2 Å². The minimum Gasteiger partial charge on any atom is -0.466 e. The molecule has 6 rings (SSSR count). The molecule has 3 saturated carbocycles. The lowest BCUT2D eigenvalue weighted by Crippen LogP contribution is -2.52. The van der Waals surface area contributed by atoms with E-state index >= 15 is 0 Å². The molecule has 0 spiro atoms. The molecule has 3 aliphatic carbocycles. The van der Waals surface area contributed by atoms with Crippen LogP contribution in [0.1, 0.15) is 32.6 Å². The highest BCUT2D eigenvalue weighted by Gasteiger charge is 2.48. The fourth-order valence-corrected chi connectivity index (χ4v) is 5.15. The Morgan fingerprint density at radius 2 is 1.97 bits per heavy atom. The quantitative estimate of drug-likeness (QED) is 0.596. The number of nitrogens with one attached hydrogen (secondary N) is 2. The Balaban J connectivity index is 1.49. The van der Waals surface area contributed by atoms with Crippen molar-refractivity contribution in [3.63, 3.8) is 0 Å². The van der Waals surface area contributed by atoms with E-state index in [1.807, 2.05) is 0 Å². The summed E-state index contributed by atoms with van der Waals surface area (Å²) in [5, 5.41) is 3.72. The van der Waals surface area contributed by atoms with E-state index in [-0.39, 0.29) is 41.4 Å². The molecule has 0 aromatic carbocycles. The Morgan fingerprint density at radius 1 is 1.19 bits per heavy atom. The van der Waals surface area contributed by atoms with Gasteiger partial charge in [0.1, 0.15) is 11.5 Å². The first kappa shape index (κ1) is 19.8. The maximum atomic E-state index is 14.7. The number of fused-ring (bicyclic) bond motifs is 4. The number of halogens is 2. The van der Waals surface area contributed by atoms with Gasteiger partial charge >= 0.3 is 5.97 Å². The van der Waals surface area contributed by atoms with Crippen LogP contribution < -0.4 is 5.32 Å². The molecule has 3 aromatic rings. The Bertz CT molecular complexity index is 1130. The summed E-state index contributed by atoms with van der Waals surface area (Å²) < 4.78 is 33.7. The van der Waals surface area contributed by atoms with Crippen LogP contribution in [0.3, 0.4) is 0 Å². The molecule has 0 radical (unpaired) electrons. The Kier molecular flexibility index (Phi) is 5.03. The molecule has 2 atom stereocenters. The number of anilines is 1. The van der Waals surface area contributed by atoms with E-state index < -0.39 is 11.6 Å². The van der Waals surface area contributed by atoms with Crippen molar-refractivity contribution in [1.82, 2.24) is 19.9 Å². The van der Waals surface area contributed by atoms with Crippen molar-refractivity contribution < 1.29 is 18.3 Å². The number of carbonyl (C=O) groups is 1. The summed E-state index contributed by atoms with van der Waals surface area (Å²) in [6.07, 6.45) is 7.79. The zero-order valence-corrected chi connectivity index (χ0v) is 17.1. The van der Waals surface area contributed by atoms with Gasteiger partial charge in [-0.25, -0.2) is 23.7 Å². The number of aromatic nitrogens is 4. The third kappa shape index (κ3) is 3.51. The van der Waals surface area contributed by atoms with Crippen LogP contribution in [0, 0.1) is 29.4 Å². The number of rotatable bonds is 5. The molecule has 0 saturated heterocycles. The number of nitrogens with zero attached hydrogens (tertiary/aromatic N) is 3. The first-order valence-corrected chi connectivity index (χ1v) is 10.6. The van der Waals surface area contributed by atoms with Crippen molar-refractivity contribution in [1.29, 1.82) is 0 Å². The summed E-state index contributed by atoms with van der Waals surface area (Å²) in [6.45, 7) is 2.10. The predicted molar refractivity (Wildman–Crippen MR) is 110 cm³/mol. The van der Waals surface area contributed by atoms with Crippen molar-refractivity contribution in [2.45, 2.75) is 38.6 Å².